The lowest BCUT2D eigenvalue weighted by molar-refractivity contribution is -0.118. The molecule has 4 rings (SSSR count). The standard InChI is InChI=1S/C17H22N8O/c26-14-22-6-8-23(9-7-22)15-2-5-20-17(21-15)25-12-10-24(11-13-25)16-18-3-1-4-19-16/h1-5,14H,6-13H2. The van der Waals surface area contributed by atoms with Gasteiger partial charge in [0.15, 0.2) is 0 Å². The largest absolute Gasteiger partial charge is 0.353 e. The number of hydrogen-bond donors (Lipinski definition) is 0. The molecule has 0 saturated carbocycles. The molecule has 0 N–H and O–H groups in total. The Labute approximate surface area is 152 Å². The van der Waals surface area contributed by atoms with Gasteiger partial charge in [0.2, 0.25) is 18.3 Å². The number of hydrogen-bond acceptors (Lipinski definition) is 8. The van der Waals surface area contributed by atoms with E-state index in [1.54, 1.807) is 17.3 Å². The molecule has 0 radical (unpaired) electrons. The van der Waals surface area contributed by atoms with E-state index >= 15 is 0 Å². The van der Waals surface area contributed by atoms with E-state index in [2.05, 4.69) is 29.7 Å². The number of aromatic nitrogens is 4. The van der Waals surface area contributed by atoms with E-state index in [1.165, 1.54) is 0 Å². The highest BCUT2D eigenvalue weighted by Crippen LogP contribution is 2.18. The first-order valence-electron chi connectivity index (χ1n) is 8.88. The van der Waals surface area contributed by atoms with Crippen molar-refractivity contribution in [3.63, 3.8) is 0 Å². The summed E-state index contributed by atoms with van der Waals surface area (Å²) < 4.78 is 0. The molecule has 26 heavy (non-hydrogen) atoms. The molecule has 9 heteroatoms. The fourth-order valence-corrected chi connectivity index (χ4v) is 3.29. The van der Waals surface area contributed by atoms with Gasteiger partial charge in [0.05, 0.1) is 0 Å². The van der Waals surface area contributed by atoms with Gasteiger partial charge in [-0.2, -0.15) is 4.98 Å². The SMILES string of the molecule is O=CN1CCN(c2ccnc(N3CCN(c4ncccn4)CC3)n2)CC1. The lowest BCUT2D eigenvalue weighted by atomic mass is 10.3. The molecule has 2 aliphatic rings. The van der Waals surface area contributed by atoms with E-state index in [-0.39, 0.29) is 0 Å². The van der Waals surface area contributed by atoms with Gasteiger partial charge in [0.1, 0.15) is 5.82 Å². The Morgan fingerprint density at radius 1 is 0.731 bits per heavy atom. The fourth-order valence-electron chi connectivity index (χ4n) is 3.29. The average Bonchev–Trinajstić information content (AvgIpc) is 2.75. The minimum Gasteiger partial charge on any atom is -0.353 e. The second-order valence-electron chi connectivity index (χ2n) is 6.37. The van der Waals surface area contributed by atoms with Crippen LogP contribution in [0.2, 0.25) is 0 Å². The Morgan fingerprint density at radius 2 is 1.31 bits per heavy atom. The zero-order valence-corrected chi connectivity index (χ0v) is 14.6. The molecule has 4 heterocycles. The zero-order chi connectivity index (χ0) is 17.8. The van der Waals surface area contributed by atoms with Crippen molar-refractivity contribution in [2.45, 2.75) is 0 Å². The minimum absolute atomic E-state index is 0.735. The smallest absolute Gasteiger partial charge is 0.227 e. The quantitative estimate of drug-likeness (QED) is 0.703. The van der Waals surface area contributed by atoms with Crippen LogP contribution in [-0.2, 0) is 4.79 Å². The molecule has 9 nitrogen and oxygen atoms in total. The molecule has 0 unspecified atom stereocenters. The number of carbonyl (C=O) groups excluding carboxylic acids is 1. The molecule has 2 fully saturated rings. The number of rotatable bonds is 4. The molecule has 2 aliphatic heterocycles. The molecule has 0 atom stereocenters. The normalized spacial score (nSPS) is 18.2. The minimum atomic E-state index is 0.735. The van der Waals surface area contributed by atoms with Crippen molar-refractivity contribution in [1.29, 1.82) is 0 Å². The molecule has 0 aliphatic carbocycles. The van der Waals surface area contributed by atoms with Gasteiger partial charge in [0, 0.05) is 70.9 Å². The topological polar surface area (TPSA) is 81.6 Å². The van der Waals surface area contributed by atoms with Crippen molar-refractivity contribution in [3.8, 4) is 0 Å². The van der Waals surface area contributed by atoms with Crippen LogP contribution in [0.1, 0.15) is 0 Å². The Bertz CT molecular complexity index is 727. The van der Waals surface area contributed by atoms with E-state index in [0.717, 1.165) is 76.5 Å². The highest BCUT2D eigenvalue weighted by molar-refractivity contribution is 5.50. The third-order valence-electron chi connectivity index (χ3n) is 4.81. The predicted octanol–water partition coefficient (Wildman–Crippen LogP) is -0.128. The maximum absolute atomic E-state index is 10.9. The first-order chi connectivity index (χ1) is 12.8. The van der Waals surface area contributed by atoms with E-state index < -0.39 is 0 Å². The summed E-state index contributed by atoms with van der Waals surface area (Å²) in [5.74, 6) is 2.46. The van der Waals surface area contributed by atoms with E-state index in [9.17, 15) is 4.79 Å². The molecule has 0 aromatic carbocycles. The van der Waals surface area contributed by atoms with Crippen LogP contribution in [0.5, 0.6) is 0 Å². The molecule has 2 aromatic heterocycles. The Hall–Kier alpha value is -2.97. The van der Waals surface area contributed by atoms with Gasteiger partial charge >= 0.3 is 0 Å². The number of amides is 1. The van der Waals surface area contributed by atoms with Crippen LogP contribution in [0.4, 0.5) is 17.7 Å². The summed E-state index contributed by atoms with van der Waals surface area (Å²) in [6.07, 6.45) is 6.27. The fraction of sp³-hybridized carbons (Fsp3) is 0.471. The van der Waals surface area contributed by atoms with Crippen molar-refractivity contribution in [2.75, 3.05) is 67.1 Å². The lowest BCUT2D eigenvalue weighted by Gasteiger charge is -2.36. The first kappa shape index (κ1) is 16.5. The van der Waals surface area contributed by atoms with Crippen molar-refractivity contribution in [2.24, 2.45) is 0 Å². The van der Waals surface area contributed by atoms with Crippen LogP contribution >= 0.6 is 0 Å². The summed E-state index contributed by atoms with van der Waals surface area (Å²) in [7, 11) is 0. The average molecular weight is 354 g/mol. The second kappa shape index (κ2) is 7.51. The highest BCUT2D eigenvalue weighted by atomic mass is 16.1. The second-order valence-corrected chi connectivity index (χ2v) is 6.37. The predicted molar refractivity (Wildman–Crippen MR) is 98.3 cm³/mol. The first-order valence-corrected chi connectivity index (χ1v) is 8.88. The van der Waals surface area contributed by atoms with Crippen molar-refractivity contribution in [3.05, 3.63) is 30.7 Å². The molecule has 2 aromatic rings. The van der Waals surface area contributed by atoms with Gasteiger partial charge in [-0.1, -0.05) is 0 Å². The third-order valence-corrected chi connectivity index (χ3v) is 4.81. The van der Waals surface area contributed by atoms with Crippen molar-refractivity contribution < 1.29 is 4.79 Å². The van der Waals surface area contributed by atoms with Crippen molar-refractivity contribution >= 4 is 24.1 Å². The number of anilines is 3. The molecule has 136 valence electrons. The lowest BCUT2D eigenvalue weighted by Crippen LogP contribution is -2.48. The van der Waals surface area contributed by atoms with E-state index in [4.69, 9.17) is 4.98 Å². The molecule has 2 saturated heterocycles. The maximum atomic E-state index is 10.9. The van der Waals surface area contributed by atoms with Gasteiger partial charge in [-0.3, -0.25) is 4.79 Å². The van der Waals surface area contributed by atoms with Crippen LogP contribution in [0.15, 0.2) is 30.7 Å². The summed E-state index contributed by atoms with van der Waals surface area (Å²) in [6, 6.07) is 3.77. The Kier molecular flexibility index (Phi) is 4.76. The summed E-state index contributed by atoms with van der Waals surface area (Å²) in [6.45, 7) is 6.42. The van der Waals surface area contributed by atoms with Gasteiger partial charge in [0.25, 0.3) is 0 Å². The third kappa shape index (κ3) is 3.51. The highest BCUT2D eigenvalue weighted by Gasteiger charge is 2.22. The van der Waals surface area contributed by atoms with Crippen LogP contribution in [-0.4, -0.2) is 83.6 Å². The summed E-state index contributed by atoms with van der Waals surface area (Å²) in [5.41, 5.74) is 0. The van der Waals surface area contributed by atoms with E-state index in [1.807, 2.05) is 18.3 Å². The number of nitrogens with zero attached hydrogens (tertiary/aromatic N) is 8. The molecule has 1 amide bonds. The van der Waals surface area contributed by atoms with Gasteiger partial charge < -0.3 is 19.6 Å². The molecule has 0 bridgehead atoms. The molecular weight excluding hydrogens is 332 g/mol. The monoisotopic (exact) mass is 354 g/mol. The van der Waals surface area contributed by atoms with Crippen LogP contribution in [0.3, 0.4) is 0 Å². The maximum Gasteiger partial charge on any atom is 0.227 e. The summed E-state index contributed by atoms with van der Waals surface area (Å²) in [4.78, 5) is 37.1. The van der Waals surface area contributed by atoms with Crippen LogP contribution in [0, 0.1) is 0 Å². The zero-order valence-electron chi connectivity index (χ0n) is 14.6. The molecule has 0 spiro atoms. The number of piperazine rings is 2. The summed E-state index contributed by atoms with van der Waals surface area (Å²) >= 11 is 0. The summed E-state index contributed by atoms with van der Waals surface area (Å²) in [5, 5.41) is 0. The number of carbonyl (C=O) groups is 1. The van der Waals surface area contributed by atoms with Crippen LogP contribution < -0.4 is 14.7 Å². The Morgan fingerprint density at radius 3 is 1.96 bits per heavy atom. The van der Waals surface area contributed by atoms with Gasteiger partial charge in [-0.15, -0.1) is 0 Å². The molecular formula is C17H22N8O. The van der Waals surface area contributed by atoms with E-state index in [0.29, 0.717) is 0 Å². The van der Waals surface area contributed by atoms with Crippen molar-refractivity contribution in [1.82, 2.24) is 24.8 Å². The van der Waals surface area contributed by atoms with Gasteiger partial charge in [-0.25, -0.2) is 15.0 Å². The Balaban J connectivity index is 1.39. The van der Waals surface area contributed by atoms with Crippen LogP contribution in [0.25, 0.3) is 0 Å². The van der Waals surface area contributed by atoms with Gasteiger partial charge in [-0.05, 0) is 12.1 Å².